The van der Waals surface area contributed by atoms with Crippen LogP contribution in [0.3, 0.4) is 0 Å². The Bertz CT molecular complexity index is 406. The van der Waals surface area contributed by atoms with Crippen molar-refractivity contribution in [2.45, 2.75) is 57.0 Å². The van der Waals surface area contributed by atoms with Gasteiger partial charge in [-0.05, 0) is 62.5 Å². The van der Waals surface area contributed by atoms with Crippen LogP contribution in [-0.4, -0.2) is 10.7 Å². The topological polar surface area (TPSA) is 20.2 Å². The number of benzene rings is 1. The van der Waals surface area contributed by atoms with Crippen LogP contribution in [0, 0.1) is 0 Å². The molecule has 2 unspecified atom stereocenters. The third-order valence-corrected chi connectivity index (χ3v) is 4.07. The number of aliphatic hydroxyl groups is 1. The summed E-state index contributed by atoms with van der Waals surface area (Å²) in [6, 6.07) is 8.72. The zero-order valence-corrected chi connectivity index (χ0v) is 11.4. The summed E-state index contributed by atoms with van der Waals surface area (Å²) in [6.07, 6.45) is 8.12. The molecule has 18 heavy (non-hydrogen) atoms. The standard InChI is InChI=1S/C17H24O/c1-3-4-12-17(2,18)13-15-10-7-9-14-8-5-6-11-16(14)15/h3,5-6,8,11,15,18H,1,4,7,9-10,12-13H2,2H3. The summed E-state index contributed by atoms with van der Waals surface area (Å²) in [7, 11) is 0. The lowest BCUT2D eigenvalue weighted by molar-refractivity contribution is 0.0339. The Labute approximate surface area is 111 Å². The van der Waals surface area contributed by atoms with E-state index in [0.29, 0.717) is 5.92 Å². The molecule has 0 spiro atoms. The molecule has 0 aromatic heterocycles. The first kappa shape index (κ1) is 13.4. The molecule has 1 N–H and O–H groups in total. The first-order valence-electron chi connectivity index (χ1n) is 7.03. The molecular weight excluding hydrogens is 220 g/mol. The second kappa shape index (κ2) is 5.71. The summed E-state index contributed by atoms with van der Waals surface area (Å²) < 4.78 is 0. The van der Waals surface area contributed by atoms with Crippen LogP contribution < -0.4 is 0 Å². The Balaban J connectivity index is 2.09. The van der Waals surface area contributed by atoms with Crippen LogP contribution in [0.15, 0.2) is 36.9 Å². The summed E-state index contributed by atoms with van der Waals surface area (Å²) in [4.78, 5) is 0. The van der Waals surface area contributed by atoms with Gasteiger partial charge >= 0.3 is 0 Å². The van der Waals surface area contributed by atoms with Gasteiger partial charge in [0.2, 0.25) is 0 Å². The van der Waals surface area contributed by atoms with Gasteiger partial charge in [-0.25, -0.2) is 0 Å². The molecule has 1 aromatic rings. The minimum absolute atomic E-state index is 0.523. The number of rotatable bonds is 5. The van der Waals surface area contributed by atoms with Crippen molar-refractivity contribution in [3.8, 4) is 0 Å². The average molecular weight is 244 g/mol. The minimum Gasteiger partial charge on any atom is -0.390 e. The van der Waals surface area contributed by atoms with Crippen LogP contribution in [0.2, 0.25) is 0 Å². The first-order valence-corrected chi connectivity index (χ1v) is 7.03. The van der Waals surface area contributed by atoms with Crippen LogP contribution in [0.25, 0.3) is 0 Å². The van der Waals surface area contributed by atoms with Crippen molar-refractivity contribution in [2.24, 2.45) is 0 Å². The normalized spacial score (nSPS) is 22.0. The van der Waals surface area contributed by atoms with Crippen LogP contribution in [0.5, 0.6) is 0 Å². The smallest absolute Gasteiger partial charge is 0.0628 e. The number of aryl methyl sites for hydroxylation is 1. The Morgan fingerprint density at radius 1 is 1.44 bits per heavy atom. The van der Waals surface area contributed by atoms with E-state index in [1.54, 1.807) is 0 Å². The lowest BCUT2D eigenvalue weighted by Gasteiger charge is -2.32. The lowest BCUT2D eigenvalue weighted by Crippen LogP contribution is -2.28. The van der Waals surface area contributed by atoms with Crippen molar-refractivity contribution in [1.82, 2.24) is 0 Å². The fraction of sp³-hybridized carbons (Fsp3) is 0.529. The van der Waals surface area contributed by atoms with E-state index < -0.39 is 5.60 Å². The maximum Gasteiger partial charge on any atom is 0.0628 e. The van der Waals surface area contributed by atoms with E-state index in [-0.39, 0.29) is 0 Å². The van der Waals surface area contributed by atoms with E-state index in [4.69, 9.17) is 0 Å². The second-order valence-corrected chi connectivity index (χ2v) is 5.82. The van der Waals surface area contributed by atoms with Gasteiger partial charge in [0.15, 0.2) is 0 Å². The highest BCUT2D eigenvalue weighted by Crippen LogP contribution is 2.38. The molecule has 98 valence electrons. The van der Waals surface area contributed by atoms with Gasteiger partial charge in [0, 0.05) is 0 Å². The predicted octanol–water partition coefficient (Wildman–Crippen LogP) is 4.21. The molecule has 0 amide bonds. The highest BCUT2D eigenvalue weighted by Gasteiger charge is 2.28. The average Bonchev–Trinajstić information content (AvgIpc) is 2.37. The largest absolute Gasteiger partial charge is 0.390 e. The monoisotopic (exact) mass is 244 g/mol. The maximum atomic E-state index is 10.5. The molecule has 0 fully saturated rings. The van der Waals surface area contributed by atoms with Gasteiger partial charge in [0.1, 0.15) is 0 Å². The predicted molar refractivity (Wildman–Crippen MR) is 76.8 cm³/mol. The Morgan fingerprint density at radius 3 is 3.00 bits per heavy atom. The number of allylic oxidation sites excluding steroid dienone is 1. The summed E-state index contributed by atoms with van der Waals surface area (Å²) in [6.45, 7) is 5.70. The molecule has 0 radical (unpaired) electrons. The van der Waals surface area contributed by atoms with E-state index in [1.165, 1.54) is 30.4 Å². The lowest BCUT2D eigenvalue weighted by atomic mass is 9.76. The van der Waals surface area contributed by atoms with Crippen molar-refractivity contribution < 1.29 is 5.11 Å². The third kappa shape index (κ3) is 3.23. The van der Waals surface area contributed by atoms with Crippen LogP contribution in [-0.2, 0) is 6.42 Å². The number of hydrogen-bond donors (Lipinski definition) is 1. The number of fused-ring (bicyclic) bond motifs is 1. The molecule has 1 nitrogen and oxygen atoms in total. The van der Waals surface area contributed by atoms with Crippen molar-refractivity contribution >= 4 is 0 Å². The van der Waals surface area contributed by atoms with Gasteiger partial charge in [-0.2, -0.15) is 0 Å². The van der Waals surface area contributed by atoms with E-state index in [9.17, 15) is 5.11 Å². The van der Waals surface area contributed by atoms with E-state index >= 15 is 0 Å². The summed E-state index contributed by atoms with van der Waals surface area (Å²) >= 11 is 0. The highest BCUT2D eigenvalue weighted by molar-refractivity contribution is 5.32. The third-order valence-electron chi connectivity index (χ3n) is 4.07. The minimum atomic E-state index is -0.566. The zero-order chi connectivity index (χ0) is 13.0. The molecule has 2 atom stereocenters. The van der Waals surface area contributed by atoms with Gasteiger partial charge in [-0.3, -0.25) is 0 Å². The summed E-state index contributed by atoms with van der Waals surface area (Å²) in [5.41, 5.74) is 2.37. The zero-order valence-electron chi connectivity index (χ0n) is 11.4. The van der Waals surface area contributed by atoms with Gasteiger partial charge in [-0.1, -0.05) is 30.3 Å². The van der Waals surface area contributed by atoms with Crippen molar-refractivity contribution in [3.05, 3.63) is 48.0 Å². The molecule has 1 aliphatic rings. The first-order chi connectivity index (χ1) is 8.62. The van der Waals surface area contributed by atoms with Gasteiger partial charge in [-0.15, -0.1) is 6.58 Å². The Hall–Kier alpha value is -1.08. The fourth-order valence-electron chi connectivity index (χ4n) is 3.11. The molecule has 1 aliphatic carbocycles. The molecular formula is C17H24O. The molecule has 0 bridgehead atoms. The molecule has 0 aliphatic heterocycles. The van der Waals surface area contributed by atoms with Gasteiger partial charge in [0.25, 0.3) is 0 Å². The molecule has 1 heteroatoms. The van der Waals surface area contributed by atoms with Crippen LogP contribution in [0.4, 0.5) is 0 Å². The van der Waals surface area contributed by atoms with Gasteiger partial charge in [0.05, 0.1) is 5.60 Å². The SMILES string of the molecule is C=CCCC(C)(O)CC1CCCc2ccccc21. The highest BCUT2D eigenvalue weighted by atomic mass is 16.3. The van der Waals surface area contributed by atoms with E-state index in [2.05, 4.69) is 30.8 Å². The summed E-state index contributed by atoms with van der Waals surface area (Å²) in [5, 5.41) is 10.5. The molecule has 1 aromatic carbocycles. The van der Waals surface area contributed by atoms with E-state index in [1.807, 2.05) is 13.0 Å². The fourth-order valence-corrected chi connectivity index (χ4v) is 3.11. The van der Waals surface area contributed by atoms with Crippen LogP contribution >= 0.6 is 0 Å². The van der Waals surface area contributed by atoms with Crippen molar-refractivity contribution in [3.63, 3.8) is 0 Å². The second-order valence-electron chi connectivity index (χ2n) is 5.82. The molecule has 2 rings (SSSR count). The van der Waals surface area contributed by atoms with Crippen molar-refractivity contribution in [2.75, 3.05) is 0 Å². The Kier molecular flexibility index (Phi) is 4.23. The molecule has 0 heterocycles. The molecule has 0 saturated carbocycles. The van der Waals surface area contributed by atoms with Crippen LogP contribution in [0.1, 0.15) is 56.1 Å². The molecule has 0 saturated heterocycles. The Morgan fingerprint density at radius 2 is 2.22 bits per heavy atom. The van der Waals surface area contributed by atoms with Gasteiger partial charge < -0.3 is 5.11 Å². The maximum absolute atomic E-state index is 10.5. The summed E-state index contributed by atoms with van der Waals surface area (Å²) in [5.74, 6) is 0.523. The number of hydrogen-bond acceptors (Lipinski definition) is 1. The van der Waals surface area contributed by atoms with Crippen molar-refractivity contribution in [1.29, 1.82) is 0 Å². The van der Waals surface area contributed by atoms with E-state index in [0.717, 1.165) is 19.3 Å². The quantitative estimate of drug-likeness (QED) is 0.769.